The molecule has 128 valence electrons. The molecule has 1 fully saturated rings. The number of halogens is 1. The number of tetrazole rings is 1. The van der Waals surface area contributed by atoms with E-state index in [-0.39, 0.29) is 23.9 Å². The van der Waals surface area contributed by atoms with Crippen LogP contribution in [0.2, 0.25) is 0 Å². The van der Waals surface area contributed by atoms with Crippen LogP contribution in [0.5, 0.6) is 0 Å². The Balaban J connectivity index is 1.58. The van der Waals surface area contributed by atoms with Crippen molar-refractivity contribution in [3.63, 3.8) is 0 Å². The highest BCUT2D eigenvalue weighted by molar-refractivity contribution is 5.25. The van der Waals surface area contributed by atoms with Crippen LogP contribution in [-0.4, -0.2) is 26.3 Å². The average Bonchev–Trinajstić information content (AvgIpc) is 3.31. The third-order valence-electron chi connectivity index (χ3n) is 4.83. The van der Waals surface area contributed by atoms with Crippen LogP contribution >= 0.6 is 0 Å². The Labute approximate surface area is 145 Å². The van der Waals surface area contributed by atoms with Crippen LogP contribution in [-0.2, 0) is 11.3 Å². The number of aromatic nitrogens is 4. The van der Waals surface area contributed by atoms with Crippen molar-refractivity contribution >= 4 is 0 Å². The summed E-state index contributed by atoms with van der Waals surface area (Å²) in [6.45, 7) is 0.561. The maximum Gasteiger partial charge on any atom is 0.138 e. The van der Waals surface area contributed by atoms with Gasteiger partial charge >= 0.3 is 0 Å². The van der Waals surface area contributed by atoms with Crippen LogP contribution in [0.15, 0.2) is 60.9 Å². The molecule has 1 heterocycles. The standard InChI is InChI=1S/C19H19FN4O/c20-16-8-6-15(7-9-16)19-17(24-13-21-22-23-24)10-11-18(19)25-12-14-4-2-1-3-5-14/h1-9,13,17-19H,10-12H2/t17-,18+,19-/m0/s1. The van der Waals surface area contributed by atoms with E-state index in [0.29, 0.717) is 6.61 Å². The molecule has 3 atom stereocenters. The molecule has 0 aliphatic heterocycles. The predicted molar refractivity (Wildman–Crippen MR) is 90.2 cm³/mol. The van der Waals surface area contributed by atoms with E-state index in [1.165, 1.54) is 12.1 Å². The Morgan fingerprint density at radius 3 is 2.56 bits per heavy atom. The Kier molecular flexibility index (Phi) is 4.52. The van der Waals surface area contributed by atoms with E-state index >= 15 is 0 Å². The van der Waals surface area contributed by atoms with Crippen LogP contribution in [0.1, 0.15) is 35.9 Å². The third kappa shape index (κ3) is 3.44. The van der Waals surface area contributed by atoms with Gasteiger partial charge in [0.1, 0.15) is 12.1 Å². The van der Waals surface area contributed by atoms with Gasteiger partial charge in [0.25, 0.3) is 0 Å². The first-order valence-electron chi connectivity index (χ1n) is 8.45. The summed E-state index contributed by atoms with van der Waals surface area (Å²) in [5.74, 6) is -0.143. The van der Waals surface area contributed by atoms with Gasteiger partial charge < -0.3 is 4.74 Å². The summed E-state index contributed by atoms with van der Waals surface area (Å²) in [7, 11) is 0. The first-order chi connectivity index (χ1) is 12.3. The smallest absolute Gasteiger partial charge is 0.138 e. The summed E-state index contributed by atoms with van der Waals surface area (Å²) in [6.07, 6.45) is 3.52. The fraction of sp³-hybridized carbons (Fsp3) is 0.316. The lowest BCUT2D eigenvalue weighted by atomic mass is 9.92. The third-order valence-corrected chi connectivity index (χ3v) is 4.83. The van der Waals surface area contributed by atoms with E-state index in [1.807, 2.05) is 30.3 Å². The molecular weight excluding hydrogens is 319 g/mol. The Hall–Kier alpha value is -2.60. The number of rotatable bonds is 5. The molecule has 0 saturated heterocycles. The zero-order valence-electron chi connectivity index (χ0n) is 13.7. The minimum atomic E-state index is -0.234. The lowest BCUT2D eigenvalue weighted by Gasteiger charge is -2.25. The number of nitrogens with zero attached hydrogens (tertiary/aromatic N) is 4. The first kappa shape index (κ1) is 15.9. The predicted octanol–water partition coefficient (Wildman–Crippen LogP) is 3.52. The van der Waals surface area contributed by atoms with E-state index in [0.717, 1.165) is 24.0 Å². The van der Waals surface area contributed by atoms with Crippen molar-refractivity contribution in [3.8, 4) is 0 Å². The largest absolute Gasteiger partial charge is 0.373 e. The van der Waals surface area contributed by atoms with E-state index < -0.39 is 0 Å². The maximum absolute atomic E-state index is 13.3. The van der Waals surface area contributed by atoms with Gasteiger partial charge in [-0.15, -0.1) is 5.10 Å². The second-order valence-corrected chi connectivity index (χ2v) is 6.35. The molecule has 1 aromatic heterocycles. The van der Waals surface area contributed by atoms with Crippen LogP contribution in [0.4, 0.5) is 4.39 Å². The highest BCUT2D eigenvalue weighted by Gasteiger charge is 2.39. The van der Waals surface area contributed by atoms with Crippen LogP contribution in [0.3, 0.4) is 0 Å². The molecule has 2 aromatic carbocycles. The highest BCUT2D eigenvalue weighted by Crippen LogP contribution is 2.44. The Morgan fingerprint density at radius 2 is 1.84 bits per heavy atom. The molecule has 0 amide bonds. The Bertz CT molecular complexity index is 792. The molecule has 0 radical (unpaired) electrons. The van der Waals surface area contributed by atoms with Crippen molar-refractivity contribution in [2.75, 3.05) is 0 Å². The quantitative estimate of drug-likeness (QED) is 0.714. The second kappa shape index (κ2) is 7.11. The van der Waals surface area contributed by atoms with Crippen molar-refractivity contribution in [3.05, 3.63) is 77.9 Å². The molecular formula is C19H19FN4O. The number of ether oxygens (including phenoxy) is 1. The highest BCUT2D eigenvalue weighted by atomic mass is 19.1. The van der Waals surface area contributed by atoms with Gasteiger partial charge in [-0.25, -0.2) is 9.07 Å². The van der Waals surface area contributed by atoms with Crippen molar-refractivity contribution in [1.29, 1.82) is 0 Å². The molecule has 0 N–H and O–H groups in total. The molecule has 6 heteroatoms. The summed E-state index contributed by atoms with van der Waals surface area (Å²) >= 11 is 0. The van der Waals surface area contributed by atoms with E-state index in [1.54, 1.807) is 11.0 Å². The van der Waals surface area contributed by atoms with E-state index in [2.05, 4.69) is 27.7 Å². The monoisotopic (exact) mass is 338 g/mol. The van der Waals surface area contributed by atoms with Gasteiger partial charge in [0.05, 0.1) is 18.8 Å². The zero-order chi connectivity index (χ0) is 17.1. The summed E-state index contributed by atoms with van der Waals surface area (Å²) in [4.78, 5) is 0. The van der Waals surface area contributed by atoms with Gasteiger partial charge in [-0.05, 0) is 46.5 Å². The number of hydrogen-bond donors (Lipinski definition) is 0. The summed E-state index contributed by atoms with van der Waals surface area (Å²) < 4.78 is 21.4. The summed E-state index contributed by atoms with van der Waals surface area (Å²) in [5.41, 5.74) is 2.20. The lowest BCUT2D eigenvalue weighted by molar-refractivity contribution is 0.0299. The fourth-order valence-corrected chi connectivity index (χ4v) is 3.65. The molecule has 1 saturated carbocycles. The van der Waals surface area contributed by atoms with E-state index in [9.17, 15) is 4.39 Å². The molecule has 0 spiro atoms. The zero-order valence-corrected chi connectivity index (χ0v) is 13.7. The van der Waals surface area contributed by atoms with Crippen LogP contribution in [0.25, 0.3) is 0 Å². The maximum atomic E-state index is 13.3. The second-order valence-electron chi connectivity index (χ2n) is 6.35. The molecule has 1 aliphatic rings. The van der Waals surface area contributed by atoms with Gasteiger partial charge in [0.15, 0.2) is 0 Å². The first-order valence-corrected chi connectivity index (χ1v) is 8.45. The summed E-state index contributed by atoms with van der Waals surface area (Å²) in [6, 6.07) is 16.9. The van der Waals surface area contributed by atoms with Crippen molar-refractivity contribution in [2.24, 2.45) is 0 Å². The van der Waals surface area contributed by atoms with Gasteiger partial charge in [-0.2, -0.15) is 0 Å². The molecule has 5 nitrogen and oxygen atoms in total. The van der Waals surface area contributed by atoms with Gasteiger partial charge in [0.2, 0.25) is 0 Å². The Morgan fingerprint density at radius 1 is 1.04 bits per heavy atom. The number of benzene rings is 2. The van der Waals surface area contributed by atoms with Gasteiger partial charge in [-0.3, -0.25) is 0 Å². The molecule has 3 aromatic rings. The molecule has 4 rings (SSSR count). The lowest BCUT2D eigenvalue weighted by Crippen LogP contribution is -2.23. The van der Waals surface area contributed by atoms with Crippen molar-refractivity contribution in [1.82, 2.24) is 20.2 Å². The van der Waals surface area contributed by atoms with Crippen LogP contribution in [0, 0.1) is 5.82 Å². The molecule has 0 bridgehead atoms. The molecule has 25 heavy (non-hydrogen) atoms. The van der Waals surface area contributed by atoms with Gasteiger partial charge in [0, 0.05) is 5.92 Å². The van der Waals surface area contributed by atoms with Gasteiger partial charge in [-0.1, -0.05) is 42.5 Å². The molecule has 1 aliphatic carbocycles. The molecule has 0 unspecified atom stereocenters. The SMILES string of the molecule is Fc1ccc([C@@H]2[C@H](OCc3ccccc3)CC[C@@H]2n2cnnn2)cc1. The van der Waals surface area contributed by atoms with Crippen molar-refractivity contribution in [2.45, 2.75) is 37.5 Å². The fourth-order valence-electron chi connectivity index (χ4n) is 3.65. The number of hydrogen-bond acceptors (Lipinski definition) is 4. The summed E-state index contributed by atoms with van der Waals surface area (Å²) in [5, 5.41) is 11.6. The van der Waals surface area contributed by atoms with E-state index in [4.69, 9.17) is 4.74 Å². The van der Waals surface area contributed by atoms with Crippen LogP contribution < -0.4 is 0 Å². The topological polar surface area (TPSA) is 52.8 Å². The minimum Gasteiger partial charge on any atom is -0.373 e. The normalized spacial score (nSPS) is 23.0. The van der Waals surface area contributed by atoms with Crippen molar-refractivity contribution < 1.29 is 9.13 Å². The minimum absolute atomic E-state index is 0.0415. The average molecular weight is 338 g/mol.